The first-order chi connectivity index (χ1) is 7.27. The van der Waals surface area contributed by atoms with Crippen molar-refractivity contribution in [3.05, 3.63) is 35.4 Å². The van der Waals surface area contributed by atoms with Gasteiger partial charge >= 0.3 is 0 Å². The second-order valence-corrected chi connectivity index (χ2v) is 4.12. The molecule has 0 fully saturated rings. The summed E-state index contributed by atoms with van der Waals surface area (Å²) in [6.07, 6.45) is 3.56. The average Bonchev–Trinajstić information content (AvgIpc) is 2.27. The molecule has 0 saturated carbocycles. The zero-order chi connectivity index (χ0) is 11.1. The summed E-state index contributed by atoms with van der Waals surface area (Å²) in [5, 5.41) is 3.45. The highest BCUT2D eigenvalue weighted by molar-refractivity contribution is 5.27. The first kappa shape index (κ1) is 12.3. The maximum absolute atomic E-state index is 3.45. The van der Waals surface area contributed by atoms with Crippen molar-refractivity contribution in [1.82, 2.24) is 5.32 Å². The molecule has 1 aromatic rings. The van der Waals surface area contributed by atoms with Crippen LogP contribution >= 0.6 is 0 Å². The first-order valence-electron chi connectivity index (χ1n) is 6.08. The van der Waals surface area contributed by atoms with Crippen LogP contribution in [0.4, 0.5) is 0 Å². The standard InChI is InChI=1S/C14H23N/c1-4-13-8-6-7-9-14(13)11-10-12(3)15-5-2/h6-9,12,15H,4-5,10-11H2,1-3H3. The lowest BCUT2D eigenvalue weighted by atomic mass is 9.99. The van der Waals surface area contributed by atoms with Crippen LogP contribution in [0, 0.1) is 0 Å². The summed E-state index contributed by atoms with van der Waals surface area (Å²) in [6.45, 7) is 7.72. The summed E-state index contributed by atoms with van der Waals surface area (Å²) in [5.41, 5.74) is 3.02. The number of hydrogen-bond acceptors (Lipinski definition) is 1. The van der Waals surface area contributed by atoms with Crippen LogP contribution in [0.5, 0.6) is 0 Å². The predicted molar refractivity (Wildman–Crippen MR) is 67.3 cm³/mol. The third-order valence-electron chi connectivity index (χ3n) is 2.90. The summed E-state index contributed by atoms with van der Waals surface area (Å²) in [4.78, 5) is 0. The molecule has 0 spiro atoms. The minimum absolute atomic E-state index is 0.625. The van der Waals surface area contributed by atoms with E-state index < -0.39 is 0 Å². The van der Waals surface area contributed by atoms with E-state index in [1.807, 2.05) is 0 Å². The largest absolute Gasteiger partial charge is 0.315 e. The van der Waals surface area contributed by atoms with E-state index in [-0.39, 0.29) is 0 Å². The van der Waals surface area contributed by atoms with Crippen molar-refractivity contribution < 1.29 is 0 Å². The smallest absolute Gasteiger partial charge is 0.00417 e. The van der Waals surface area contributed by atoms with Crippen molar-refractivity contribution in [3.63, 3.8) is 0 Å². The molecule has 15 heavy (non-hydrogen) atoms. The quantitative estimate of drug-likeness (QED) is 0.752. The van der Waals surface area contributed by atoms with Gasteiger partial charge in [-0.05, 0) is 43.9 Å². The summed E-state index contributed by atoms with van der Waals surface area (Å²) in [7, 11) is 0. The third kappa shape index (κ3) is 4.05. The molecule has 1 nitrogen and oxygen atoms in total. The molecule has 1 rings (SSSR count). The molecule has 0 aliphatic rings. The van der Waals surface area contributed by atoms with Crippen LogP contribution in [0.25, 0.3) is 0 Å². The molecule has 0 aliphatic heterocycles. The van der Waals surface area contributed by atoms with Crippen LogP contribution in [0.15, 0.2) is 24.3 Å². The monoisotopic (exact) mass is 205 g/mol. The van der Waals surface area contributed by atoms with Crippen LogP contribution < -0.4 is 5.32 Å². The van der Waals surface area contributed by atoms with E-state index in [9.17, 15) is 0 Å². The number of aryl methyl sites for hydroxylation is 2. The zero-order valence-corrected chi connectivity index (χ0v) is 10.2. The van der Waals surface area contributed by atoms with Gasteiger partial charge in [-0.25, -0.2) is 0 Å². The Morgan fingerprint density at radius 2 is 1.80 bits per heavy atom. The molecule has 84 valence electrons. The van der Waals surface area contributed by atoms with Gasteiger partial charge in [0.1, 0.15) is 0 Å². The zero-order valence-electron chi connectivity index (χ0n) is 10.2. The normalized spacial score (nSPS) is 12.7. The highest BCUT2D eigenvalue weighted by Gasteiger charge is 2.03. The second-order valence-electron chi connectivity index (χ2n) is 4.12. The SMILES string of the molecule is CCNC(C)CCc1ccccc1CC. The number of nitrogens with one attached hydrogen (secondary N) is 1. The Kier molecular flexibility index (Phi) is 5.41. The van der Waals surface area contributed by atoms with Crippen LogP contribution in [0.3, 0.4) is 0 Å². The Bertz CT molecular complexity index is 280. The van der Waals surface area contributed by atoms with Gasteiger partial charge in [-0.1, -0.05) is 38.1 Å². The summed E-state index contributed by atoms with van der Waals surface area (Å²) < 4.78 is 0. The van der Waals surface area contributed by atoms with E-state index in [0.29, 0.717) is 6.04 Å². The van der Waals surface area contributed by atoms with Gasteiger partial charge in [0.25, 0.3) is 0 Å². The fraction of sp³-hybridized carbons (Fsp3) is 0.571. The molecule has 0 radical (unpaired) electrons. The van der Waals surface area contributed by atoms with E-state index in [2.05, 4.69) is 50.4 Å². The molecule has 0 aromatic heterocycles. The minimum Gasteiger partial charge on any atom is -0.315 e. The molecule has 0 saturated heterocycles. The highest BCUT2D eigenvalue weighted by Crippen LogP contribution is 2.12. The maximum Gasteiger partial charge on any atom is 0.00417 e. The van der Waals surface area contributed by atoms with Gasteiger partial charge in [0, 0.05) is 6.04 Å². The minimum atomic E-state index is 0.625. The Morgan fingerprint density at radius 1 is 1.13 bits per heavy atom. The third-order valence-corrected chi connectivity index (χ3v) is 2.90. The van der Waals surface area contributed by atoms with E-state index in [1.165, 1.54) is 24.0 Å². The van der Waals surface area contributed by atoms with Crippen LogP contribution in [0.2, 0.25) is 0 Å². The maximum atomic E-state index is 3.45. The van der Waals surface area contributed by atoms with Crippen molar-refractivity contribution in [2.24, 2.45) is 0 Å². The molecule has 1 aromatic carbocycles. The molecule has 1 heteroatoms. The fourth-order valence-corrected chi connectivity index (χ4v) is 1.97. The lowest BCUT2D eigenvalue weighted by Gasteiger charge is -2.13. The average molecular weight is 205 g/mol. The lowest BCUT2D eigenvalue weighted by molar-refractivity contribution is 0.530. The van der Waals surface area contributed by atoms with Gasteiger partial charge < -0.3 is 5.32 Å². The van der Waals surface area contributed by atoms with E-state index in [1.54, 1.807) is 0 Å². The van der Waals surface area contributed by atoms with Crippen LogP contribution in [-0.2, 0) is 12.8 Å². The Hall–Kier alpha value is -0.820. The van der Waals surface area contributed by atoms with Crippen LogP contribution in [0.1, 0.15) is 38.3 Å². The van der Waals surface area contributed by atoms with Crippen molar-refractivity contribution in [2.45, 2.75) is 46.1 Å². The topological polar surface area (TPSA) is 12.0 Å². The Labute approximate surface area is 93.9 Å². The van der Waals surface area contributed by atoms with Crippen molar-refractivity contribution >= 4 is 0 Å². The molecule has 0 heterocycles. The van der Waals surface area contributed by atoms with E-state index in [4.69, 9.17) is 0 Å². The highest BCUT2D eigenvalue weighted by atomic mass is 14.9. The van der Waals surface area contributed by atoms with Gasteiger partial charge in [-0.3, -0.25) is 0 Å². The molecule has 1 N–H and O–H groups in total. The molecule has 0 bridgehead atoms. The van der Waals surface area contributed by atoms with Gasteiger partial charge in [0.15, 0.2) is 0 Å². The van der Waals surface area contributed by atoms with Crippen molar-refractivity contribution in [1.29, 1.82) is 0 Å². The number of benzene rings is 1. The first-order valence-corrected chi connectivity index (χ1v) is 6.08. The van der Waals surface area contributed by atoms with Gasteiger partial charge in [0.2, 0.25) is 0 Å². The Balaban J connectivity index is 2.49. The molecular formula is C14H23N. The van der Waals surface area contributed by atoms with E-state index in [0.717, 1.165) is 13.0 Å². The fourth-order valence-electron chi connectivity index (χ4n) is 1.97. The summed E-state index contributed by atoms with van der Waals surface area (Å²) >= 11 is 0. The summed E-state index contributed by atoms with van der Waals surface area (Å²) in [5.74, 6) is 0. The van der Waals surface area contributed by atoms with Crippen molar-refractivity contribution in [2.75, 3.05) is 6.54 Å². The molecule has 0 aliphatic carbocycles. The molecule has 0 amide bonds. The molecule has 1 unspecified atom stereocenters. The number of hydrogen-bond donors (Lipinski definition) is 1. The van der Waals surface area contributed by atoms with Gasteiger partial charge in [-0.15, -0.1) is 0 Å². The van der Waals surface area contributed by atoms with Crippen molar-refractivity contribution in [3.8, 4) is 0 Å². The number of rotatable bonds is 6. The summed E-state index contributed by atoms with van der Waals surface area (Å²) in [6, 6.07) is 9.41. The van der Waals surface area contributed by atoms with Gasteiger partial charge in [0.05, 0.1) is 0 Å². The molecular weight excluding hydrogens is 182 g/mol. The predicted octanol–water partition coefficient (Wildman–Crippen LogP) is 3.18. The van der Waals surface area contributed by atoms with Gasteiger partial charge in [-0.2, -0.15) is 0 Å². The second kappa shape index (κ2) is 6.62. The van der Waals surface area contributed by atoms with Crippen LogP contribution in [-0.4, -0.2) is 12.6 Å². The lowest BCUT2D eigenvalue weighted by Crippen LogP contribution is -2.26. The Morgan fingerprint density at radius 3 is 2.40 bits per heavy atom. The van der Waals surface area contributed by atoms with E-state index >= 15 is 0 Å². The molecule has 1 atom stereocenters.